The molecule has 3 aliphatic rings. The zero-order valence-electron chi connectivity index (χ0n) is 37.7. The fourth-order valence-electron chi connectivity index (χ4n) is 10.2. The van der Waals surface area contributed by atoms with E-state index in [0.29, 0.717) is 25.7 Å². The van der Waals surface area contributed by atoms with Gasteiger partial charge in [0.25, 0.3) is 0 Å². The standard InChI is InChI=1S/C49H56N6O4.2CO2/c1-7-36(28(2)3)48(56)55-29(4)13-18-42(55)40-22-34-15-14-32-21-39-37-17-16-33(20-35(37)27-59-44(39)23-38(32)45(34)52-40)41-24-51-47(53-41)43-19-30(26-58-6)25-54(43)49(57)46(50-5)31-11-9-8-10-12-31;2*2-1-3/h8-12,14-17,20-24,28-30,36,42-43,46,50,52H,7,13,18-19,25-27H2,1-6H3,(H,51,53);;/t29-,30-,36-,42-,43-,46+;;/m0../s1. The molecule has 0 aliphatic carbocycles. The van der Waals surface area contributed by atoms with Gasteiger partial charge in [-0.25, -0.2) is 4.98 Å². The Morgan fingerprint density at radius 3 is 2.34 bits per heavy atom. The lowest BCUT2D eigenvalue weighted by Crippen LogP contribution is -2.41. The lowest BCUT2D eigenvalue weighted by Gasteiger charge is -2.33. The Hall–Kier alpha value is -6.69. The van der Waals surface area contributed by atoms with Gasteiger partial charge >= 0.3 is 12.3 Å². The maximum Gasteiger partial charge on any atom is 0.373 e. The number of nitrogens with zero attached hydrogens (tertiary/aromatic N) is 3. The Labute approximate surface area is 378 Å². The second-order valence-corrected chi connectivity index (χ2v) is 17.5. The summed E-state index contributed by atoms with van der Waals surface area (Å²) in [6.07, 6.45) is 5.97. The molecule has 65 heavy (non-hydrogen) atoms. The van der Waals surface area contributed by atoms with Crippen LogP contribution in [0.1, 0.15) is 94.1 Å². The topological polar surface area (TPSA) is 184 Å². The van der Waals surface area contributed by atoms with Crippen LogP contribution in [0.25, 0.3) is 44.1 Å². The van der Waals surface area contributed by atoms with Crippen molar-refractivity contribution in [1.82, 2.24) is 30.1 Å². The Kier molecular flexibility index (Phi) is 14.6. The van der Waals surface area contributed by atoms with Crippen molar-refractivity contribution >= 4 is 45.8 Å². The minimum atomic E-state index is -0.451. The van der Waals surface area contributed by atoms with Gasteiger partial charge in [-0.2, -0.15) is 19.2 Å². The third-order valence-electron chi connectivity index (χ3n) is 13.3. The molecule has 0 radical (unpaired) electrons. The Morgan fingerprint density at radius 1 is 0.908 bits per heavy atom. The molecule has 3 aliphatic heterocycles. The lowest BCUT2D eigenvalue weighted by molar-refractivity contribution is -0.193. The number of hydrogen-bond donors (Lipinski definition) is 3. The highest BCUT2D eigenvalue weighted by Gasteiger charge is 2.41. The number of ether oxygens (including phenoxy) is 2. The summed E-state index contributed by atoms with van der Waals surface area (Å²) in [6.45, 7) is 10.3. The molecular weight excluding hydrogens is 825 g/mol. The average molecular weight is 881 g/mol. The number of aromatic amines is 2. The summed E-state index contributed by atoms with van der Waals surface area (Å²) in [7, 11) is 3.55. The van der Waals surface area contributed by atoms with Crippen LogP contribution in [0.5, 0.6) is 5.75 Å². The van der Waals surface area contributed by atoms with Crippen molar-refractivity contribution < 1.29 is 38.2 Å². The van der Waals surface area contributed by atoms with Crippen LogP contribution in [-0.4, -0.2) is 82.2 Å². The number of H-pyrrole nitrogens is 2. The van der Waals surface area contributed by atoms with Gasteiger partial charge in [-0.15, -0.1) is 0 Å². The van der Waals surface area contributed by atoms with E-state index >= 15 is 0 Å². The van der Waals surface area contributed by atoms with Gasteiger partial charge in [0.05, 0.1) is 36.1 Å². The molecule has 14 heteroatoms. The first-order valence-corrected chi connectivity index (χ1v) is 22.2. The summed E-state index contributed by atoms with van der Waals surface area (Å²) in [5.74, 6) is 2.52. The Bertz CT molecular complexity index is 2700. The molecule has 0 unspecified atom stereocenters. The molecule has 3 N–H and O–H groups in total. The van der Waals surface area contributed by atoms with E-state index in [9.17, 15) is 9.59 Å². The molecule has 2 aromatic heterocycles. The van der Waals surface area contributed by atoms with Crippen molar-refractivity contribution in [1.29, 1.82) is 0 Å². The molecule has 4 aromatic carbocycles. The number of rotatable bonds is 11. The number of hydrogen-bond acceptors (Lipinski definition) is 10. The third-order valence-corrected chi connectivity index (χ3v) is 13.3. The van der Waals surface area contributed by atoms with E-state index in [2.05, 4.69) is 96.4 Å². The van der Waals surface area contributed by atoms with E-state index in [4.69, 9.17) is 33.6 Å². The quantitative estimate of drug-likeness (QED) is 0.114. The molecule has 6 aromatic rings. The van der Waals surface area contributed by atoms with Crippen molar-refractivity contribution in [2.45, 2.75) is 84.2 Å². The number of benzene rings is 4. The second kappa shape index (κ2) is 20.4. The van der Waals surface area contributed by atoms with Crippen molar-refractivity contribution in [3.8, 4) is 28.1 Å². The van der Waals surface area contributed by atoms with Crippen molar-refractivity contribution in [2.24, 2.45) is 17.8 Å². The summed E-state index contributed by atoms with van der Waals surface area (Å²) in [6, 6.07) is 27.1. The highest BCUT2D eigenvalue weighted by molar-refractivity contribution is 6.08. The minimum Gasteiger partial charge on any atom is -0.488 e. The van der Waals surface area contributed by atoms with E-state index in [-0.39, 0.29) is 54.1 Å². The van der Waals surface area contributed by atoms with Gasteiger partial charge in [0.15, 0.2) is 0 Å². The number of likely N-dealkylation sites (tertiary alicyclic amines) is 2. The van der Waals surface area contributed by atoms with Crippen molar-refractivity contribution in [2.75, 3.05) is 27.3 Å². The number of fused-ring (bicyclic) bond motifs is 6. The summed E-state index contributed by atoms with van der Waals surface area (Å²) in [5, 5.41) is 6.64. The van der Waals surface area contributed by atoms with Crippen LogP contribution in [0.4, 0.5) is 0 Å². The van der Waals surface area contributed by atoms with Crippen LogP contribution in [0.15, 0.2) is 85.1 Å². The van der Waals surface area contributed by atoms with Crippen LogP contribution in [0.2, 0.25) is 0 Å². The molecule has 0 bridgehead atoms. The number of imidazole rings is 1. The highest BCUT2D eigenvalue weighted by atomic mass is 16.5. The number of methoxy groups -OCH3 is 1. The first-order valence-electron chi connectivity index (χ1n) is 22.2. The first kappa shape index (κ1) is 46.3. The van der Waals surface area contributed by atoms with Gasteiger partial charge in [0.1, 0.15) is 24.2 Å². The number of likely N-dealkylation sites (N-methyl/N-ethyl adjacent to an activating group) is 1. The van der Waals surface area contributed by atoms with E-state index in [1.165, 1.54) is 0 Å². The van der Waals surface area contributed by atoms with E-state index in [1.54, 1.807) is 7.11 Å². The average Bonchev–Trinajstić information content (AvgIpc) is 4.13. The summed E-state index contributed by atoms with van der Waals surface area (Å²) < 4.78 is 12.0. The molecule has 6 atom stereocenters. The molecule has 0 spiro atoms. The molecule has 9 rings (SSSR count). The predicted octanol–water partition coefficient (Wildman–Crippen LogP) is 8.33. The minimum absolute atomic E-state index is 0.0311. The van der Waals surface area contributed by atoms with Crippen molar-refractivity contribution in [3.05, 3.63) is 108 Å². The highest BCUT2D eigenvalue weighted by Crippen LogP contribution is 2.45. The molecule has 2 amide bonds. The van der Waals surface area contributed by atoms with Gasteiger partial charge < -0.3 is 34.6 Å². The monoisotopic (exact) mass is 880 g/mol. The fraction of sp³-hybridized carbons (Fsp3) is 0.392. The number of aromatic nitrogens is 3. The van der Waals surface area contributed by atoms with Crippen LogP contribution in [0, 0.1) is 17.8 Å². The maximum atomic E-state index is 14.1. The van der Waals surface area contributed by atoms with Gasteiger partial charge in [-0.1, -0.05) is 75.4 Å². The third kappa shape index (κ3) is 9.30. The zero-order valence-corrected chi connectivity index (χ0v) is 37.7. The fourth-order valence-corrected chi connectivity index (χ4v) is 10.2. The van der Waals surface area contributed by atoms with Crippen LogP contribution in [-0.2, 0) is 40.1 Å². The van der Waals surface area contributed by atoms with Gasteiger partial charge in [-0.05, 0) is 97.5 Å². The maximum absolute atomic E-state index is 14.1. The number of carbonyl (C=O) groups excluding carboxylic acids is 6. The zero-order chi connectivity index (χ0) is 46.4. The number of nitrogens with one attached hydrogen (secondary N) is 3. The first-order chi connectivity index (χ1) is 31.5. The summed E-state index contributed by atoms with van der Waals surface area (Å²) >= 11 is 0. The second-order valence-electron chi connectivity index (χ2n) is 17.5. The SMILES string of the molecule is CC[C@H](C(=O)N1[C@@H](C)CC[C@H]1c1cc2ccc3cc4c(cc3c2[nH]1)OCc1cc(-c2cnc([C@@H]3C[C@H](COC)CN3C(=O)[C@H](NC)c3ccccc3)[nH]2)ccc1-4)C(C)C.O=C=O.O=C=O. The summed E-state index contributed by atoms with van der Waals surface area (Å²) in [4.78, 5) is 76.8. The van der Waals surface area contributed by atoms with E-state index < -0.39 is 6.04 Å². The van der Waals surface area contributed by atoms with Gasteiger partial charge in [0, 0.05) is 53.6 Å². The van der Waals surface area contributed by atoms with E-state index in [1.807, 2.05) is 48.5 Å². The largest absolute Gasteiger partial charge is 0.488 e. The molecular formula is C51H56N6O8. The molecule has 338 valence electrons. The molecule has 5 heterocycles. The smallest absolute Gasteiger partial charge is 0.373 e. The van der Waals surface area contributed by atoms with Gasteiger partial charge in [0.2, 0.25) is 11.8 Å². The Morgan fingerprint density at radius 2 is 1.65 bits per heavy atom. The van der Waals surface area contributed by atoms with Crippen LogP contribution in [0.3, 0.4) is 0 Å². The lowest BCUT2D eigenvalue weighted by atomic mass is 9.91. The molecule has 2 fully saturated rings. The predicted molar refractivity (Wildman–Crippen MR) is 243 cm³/mol. The van der Waals surface area contributed by atoms with Crippen LogP contribution < -0.4 is 10.1 Å². The van der Waals surface area contributed by atoms with Crippen molar-refractivity contribution in [3.63, 3.8) is 0 Å². The number of carbonyl (C=O) groups is 2. The number of amides is 2. The molecule has 2 saturated heterocycles. The van der Waals surface area contributed by atoms with Crippen LogP contribution >= 0.6 is 0 Å². The van der Waals surface area contributed by atoms with Gasteiger partial charge in [-0.3, -0.25) is 9.59 Å². The Balaban J connectivity index is 0.000000997. The summed E-state index contributed by atoms with van der Waals surface area (Å²) in [5.41, 5.74) is 8.39. The molecule has 0 saturated carbocycles. The van der Waals surface area contributed by atoms with E-state index in [0.717, 1.165) is 98.1 Å². The normalized spacial score (nSPS) is 19.5. The molecule has 14 nitrogen and oxygen atoms in total.